The van der Waals surface area contributed by atoms with E-state index in [2.05, 4.69) is 10.6 Å². The van der Waals surface area contributed by atoms with Crippen LogP contribution in [0.3, 0.4) is 0 Å². The highest BCUT2D eigenvalue weighted by Gasteiger charge is 2.21. The molecule has 8 heteroatoms. The molecule has 2 unspecified atom stereocenters. The minimum atomic E-state index is -0.730. The molecular formula is C15H26N2O6. The molecule has 0 aromatic carbocycles. The summed E-state index contributed by atoms with van der Waals surface area (Å²) in [7, 11) is 0. The molecule has 23 heavy (non-hydrogen) atoms. The predicted molar refractivity (Wildman–Crippen MR) is 81.7 cm³/mol. The van der Waals surface area contributed by atoms with Crippen LogP contribution in [0.1, 0.15) is 33.1 Å². The summed E-state index contributed by atoms with van der Waals surface area (Å²) in [5.74, 6) is -1.06. The molecule has 0 spiro atoms. The van der Waals surface area contributed by atoms with Crippen molar-refractivity contribution in [3.05, 3.63) is 0 Å². The second-order valence-corrected chi connectivity index (χ2v) is 5.40. The van der Waals surface area contributed by atoms with E-state index in [1.807, 2.05) is 0 Å². The average molecular weight is 330 g/mol. The van der Waals surface area contributed by atoms with Gasteiger partial charge in [-0.25, -0.2) is 4.79 Å². The molecule has 0 radical (unpaired) electrons. The van der Waals surface area contributed by atoms with Crippen LogP contribution in [0.15, 0.2) is 0 Å². The molecule has 0 aromatic heterocycles. The average Bonchev–Trinajstić information content (AvgIpc) is 3.03. The molecule has 0 aromatic rings. The number of hydrogen-bond donors (Lipinski definition) is 2. The molecule has 1 aliphatic heterocycles. The van der Waals surface area contributed by atoms with Crippen LogP contribution < -0.4 is 10.6 Å². The molecule has 1 fully saturated rings. The zero-order valence-electron chi connectivity index (χ0n) is 13.8. The molecule has 1 rings (SSSR count). The van der Waals surface area contributed by atoms with Crippen molar-refractivity contribution in [3.63, 3.8) is 0 Å². The summed E-state index contributed by atoms with van der Waals surface area (Å²) in [5, 5.41) is 5.22. The van der Waals surface area contributed by atoms with E-state index in [1.54, 1.807) is 6.92 Å². The summed E-state index contributed by atoms with van der Waals surface area (Å²) in [4.78, 5) is 33.8. The molecule has 0 bridgehead atoms. The quantitative estimate of drug-likeness (QED) is 0.423. The van der Waals surface area contributed by atoms with Gasteiger partial charge in [-0.2, -0.15) is 0 Å². The number of esters is 1. The van der Waals surface area contributed by atoms with Gasteiger partial charge >= 0.3 is 5.97 Å². The summed E-state index contributed by atoms with van der Waals surface area (Å²) in [6, 6.07) is 0. The third kappa shape index (κ3) is 9.14. The van der Waals surface area contributed by atoms with Crippen LogP contribution in [-0.2, 0) is 28.6 Å². The summed E-state index contributed by atoms with van der Waals surface area (Å²) in [6.45, 7) is 4.65. The van der Waals surface area contributed by atoms with Crippen LogP contribution in [0.2, 0.25) is 0 Å². The first-order valence-electron chi connectivity index (χ1n) is 7.90. The van der Waals surface area contributed by atoms with Crippen molar-refractivity contribution < 1.29 is 28.6 Å². The minimum absolute atomic E-state index is 0.0390. The van der Waals surface area contributed by atoms with Gasteiger partial charge in [0.2, 0.25) is 5.91 Å². The highest BCUT2D eigenvalue weighted by molar-refractivity contribution is 5.81. The SMILES string of the molecule is CC(=O)NCCCNC(=O)COC(=O)C(C)OCC1CCCO1. The van der Waals surface area contributed by atoms with Gasteiger partial charge in [-0.05, 0) is 26.2 Å². The molecule has 2 atom stereocenters. The summed E-state index contributed by atoms with van der Waals surface area (Å²) < 4.78 is 15.7. The fourth-order valence-electron chi connectivity index (χ4n) is 1.98. The molecule has 132 valence electrons. The van der Waals surface area contributed by atoms with Gasteiger partial charge in [0.1, 0.15) is 0 Å². The lowest BCUT2D eigenvalue weighted by Gasteiger charge is -2.15. The molecule has 2 amide bonds. The van der Waals surface area contributed by atoms with Crippen molar-refractivity contribution in [2.75, 3.05) is 32.9 Å². The Hall–Kier alpha value is -1.67. The molecule has 1 saturated heterocycles. The lowest BCUT2D eigenvalue weighted by atomic mass is 10.2. The van der Waals surface area contributed by atoms with E-state index in [-0.39, 0.29) is 24.5 Å². The van der Waals surface area contributed by atoms with Gasteiger partial charge in [-0.15, -0.1) is 0 Å². The second kappa shape index (κ2) is 11.0. The van der Waals surface area contributed by atoms with E-state index >= 15 is 0 Å². The number of amides is 2. The lowest BCUT2D eigenvalue weighted by molar-refractivity contribution is -0.160. The second-order valence-electron chi connectivity index (χ2n) is 5.40. The Kier molecular flexibility index (Phi) is 9.23. The first kappa shape index (κ1) is 19.4. The van der Waals surface area contributed by atoms with Crippen molar-refractivity contribution in [1.29, 1.82) is 0 Å². The monoisotopic (exact) mass is 330 g/mol. The number of nitrogens with one attached hydrogen (secondary N) is 2. The Morgan fingerprint density at radius 1 is 1.26 bits per heavy atom. The highest BCUT2D eigenvalue weighted by atomic mass is 16.6. The van der Waals surface area contributed by atoms with E-state index in [1.165, 1.54) is 6.92 Å². The zero-order chi connectivity index (χ0) is 17.1. The van der Waals surface area contributed by atoms with Crippen LogP contribution in [0, 0.1) is 0 Å². The highest BCUT2D eigenvalue weighted by Crippen LogP contribution is 2.12. The third-order valence-electron chi connectivity index (χ3n) is 3.28. The first-order chi connectivity index (χ1) is 11.0. The van der Waals surface area contributed by atoms with E-state index in [9.17, 15) is 14.4 Å². The van der Waals surface area contributed by atoms with Crippen LogP contribution in [0.25, 0.3) is 0 Å². The summed E-state index contributed by atoms with van der Waals surface area (Å²) in [6.07, 6.45) is 1.86. The normalized spacial score (nSPS) is 18.3. The molecule has 1 heterocycles. The maximum atomic E-state index is 11.7. The molecule has 1 aliphatic rings. The Morgan fingerprint density at radius 3 is 2.65 bits per heavy atom. The molecule has 2 N–H and O–H groups in total. The molecule has 8 nitrogen and oxygen atoms in total. The van der Waals surface area contributed by atoms with Gasteiger partial charge in [-0.1, -0.05) is 0 Å². The van der Waals surface area contributed by atoms with Crippen LogP contribution in [-0.4, -0.2) is 62.9 Å². The van der Waals surface area contributed by atoms with Gasteiger partial charge in [0.25, 0.3) is 5.91 Å². The van der Waals surface area contributed by atoms with Crippen LogP contribution >= 0.6 is 0 Å². The Labute approximate surface area is 136 Å². The Balaban J connectivity index is 2.04. The van der Waals surface area contributed by atoms with Gasteiger partial charge in [0.15, 0.2) is 12.7 Å². The number of carbonyl (C=O) groups excluding carboxylic acids is 3. The standard InChI is InChI=1S/C15H26N2O6/c1-11(22-9-13-5-3-8-21-13)15(20)23-10-14(19)17-7-4-6-16-12(2)18/h11,13H,3-10H2,1-2H3,(H,16,18)(H,17,19). The molecular weight excluding hydrogens is 304 g/mol. The summed E-state index contributed by atoms with van der Waals surface area (Å²) in [5.41, 5.74) is 0. The van der Waals surface area contributed by atoms with Crippen molar-refractivity contribution in [3.8, 4) is 0 Å². The van der Waals surface area contributed by atoms with Crippen molar-refractivity contribution in [2.45, 2.75) is 45.3 Å². The van der Waals surface area contributed by atoms with E-state index < -0.39 is 12.1 Å². The van der Waals surface area contributed by atoms with E-state index in [4.69, 9.17) is 14.2 Å². The van der Waals surface area contributed by atoms with E-state index in [0.29, 0.717) is 26.1 Å². The maximum Gasteiger partial charge on any atom is 0.335 e. The smallest absolute Gasteiger partial charge is 0.335 e. The number of rotatable bonds is 10. The first-order valence-corrected chi connectivity index (χ1v) is 7.90. The number of carbonyl (C=O) groups is 3. The largest absolute Gasteiger partial charge is 0.454 e. The van der Waals surface area contributed by atoms with Crippen molar-refractivity contribution >= 4 is 17.8 Å². The maximum absolute atomic E-state index is 11.7. The molecule has 0 aliphatic carbocycles. The van der Waals surface area contributed by atoms with Crippen LogP contribution in [0.4, 0.5) is 0 Å². The van der Waals surface area contributed by atoms with Crippen molar-refractivity contribution in [2.24, 2.45) is 0 Å². The fourth-order valence-corrected chi connectivity index (χ4v) is 1.98. The number of ether oxygens (including phenoxy) is 3. The molecule has 0 saturated carbocycles. The topological polar surface area (TPSA) is 103 Å². The van der Waals surface area contributed by atoms with Gasteiger partial charge in [0.05, 0.1) is 12.7 Å². The summed E-state index contributed by atoms with van der Waals surface area (Å²) >= 11 is 0. The van der Waals surface area contributed by atoms with E-state index in [0.717, 1.165) is 19.4 Å². The van der Waals surface area contributed by atoms with Gasteiger partial charge in [-0.3, -0.25) is 9.59 Å². The predicted octanol–water partition coefficient (Wildman–Crippen LogP) is -0.244. The Bertz CT molecular complexity index is 395. The zero-order valence-corrected chi connectivity index (χ0v) is 13.8. The minimum Gasteiger partial charge on any atom is -0.454 e. The lowest BCUT2D eigenvalue weighted by Crippen LogP contribution is -2.34. The third-order valence-corrected chi connectivity index (χ3v) is 3.28. The number of hydrogen-bond acceptors (Lipinski definition) is 6. The fraction of sp³-hybridized carbons (Fsp3) is 0.800. The Morgan fingerprint density at radius 2 is 2.00 bits per heavy atom. The van der Waals surface area contributed by atoms with Crippen molar-refractivity contribution in [1.82, 2.24) is 10.6 Å². The van der Waals surface area contributed by atoms with Crippen LogP contribution in [0.5, 0.6) is 0 Å². The van der Waals surface area contributed by atoms with Gasteiger partial charge < -0.3 is 24.8 Å². The van der Waals surface area contributed by atoms with Gasteiger partial charge in [0, 0.05) is 26.6 Å².